The van der Waals surface area contributed by atoms with Gasteiger partial charge in [0.25, 0.3) is 0 Å². The minimum atomic E-state index is 0.864. The lowest BCUT2D eigenvalue weighted by atomic mass is 10.0. The molecule has 0 heterocycles. The van der Waals surface area contributed by atoms with Gasteiger partial charge in [-0.2, -0.15) is 0 Å². The van der Waals surface area contributed by atoms with E-state index >= 15 is 0 Å². The summed E-state index contributed by atoms with van der Waals surface area (Å²) in [6.45, 7) is 3.45. The van der Waals surface area contributed by atoms with Crippen LogP contribution in [-0.4, -0.2) is 12.6 Å². The first-order chi connectivity index (χ1) is 7.90. The third-order valence-electron chi connectivity index (χ3n) is 3.38. The Balaban J connectivity index is 1.67. The Labute approximate surface area is 99.3 Å². The van der Waals surface area contributed by atoms with E-state index in [1.165, 1.54) is 44.2 Å². The van der Waals surface area contributed by atoms with Gasteiger partial charge >= 0.3 is 0 Å². The highest BCUT2D eigenvalue weighted by Gasteiger charge is 2.19. The Hall–Kier alpha value is -0.820. The molecule has 1 N–H and O–H groups in total. The molecule has 0 atom stereocenters. The summed E-state index contributed by atoms with van der Waals surface area (Å²) >= 11 is 0. The molecule has 0 bridgehead atoms. The van der Waals surface area contributed by atoms with Gasteiger partial charge in [-0.25, -0.2) is 0 Å². The van der Waals surface area contributed by atoms with Crippen LogP contribution in [0.1, 0.15) is 43.7 Å². The molecule has 1 nitrogen and oxygen atoms in total. The van der Waals surface area contributed by atoms with Gasteiger partial charge in [0.2, 0.25) is 0 Å². The van der Waals surface area contributed by atoms with E-state index < -0.39 is 0 Å². The number of aryl methyl sites for hydroxylation is 2. The third-order valence-corrected chi connectivity index (χ3v) is 3.38. The number of hydrogen-bond donors (Lipinski definition) is 1. The lowest BCUT2D eigenvalue weighted by Crippen LogP contribution is -2.17. The SMILES string of the molecule is CCc1ccccc1CCCCNC1CC1. The smallest absolute Gasteiger partial charge is 0.00682 e. The molecule has 1 aromatic rings. The van der Waals surface area contributed by atoms with Gasteiger partial charge < -0.3 is 5.32 Å². The molecule has 2 rings (SSSR count). The number of hydrogen-bond acceptors (Lipinski definition) is 1. The maximum Gasteiger partial charge on any atom is 0.00682 e. The molecule has 0 spiro atoms. The Morgan fingerprint density at radius 2 is 1.88 bits per heavy atom. The van der Waals surface area contributed by atoms with Gasteiger partial charge in [0.15, 0.2) is 0 Å². The molecule has 16 heavy (non-hydrogen) atoms. The highest BCUT2D eigenvalue weighted by molar-refractivity contribution is 5.26. The van der Waals surface area contributed by atoms with Crippen LogP contribution in [0.3, 0.4) is 0 Å². The number of unbranched alkanes of at least 4 members (excludes halogenated alkanes) is 1. The fourth-order valence-corrected chi connectivity index (χ4v) is 2.18. The van der Waals surface area contributed by atoms with Crippen molar-refractivity contribution < 1.29 is 0 Å². The van der Waals surface area contributed by atoms with E-state index in [0.29, 0.717) is 0 Å². The molecule has 1 heteroatoms. The lowest BCUT2D eigenvalue weighted by Gasteiger charge is -2.07. The summed E-state index contributed by atoms with van der Waals surface area (Å²) in [7, 11) is 0. The summed E-state index contributed by atoms with van der Waals surface area (Å²) in [6, 6.07) is 9.72. The van der Waals surface area contributed by atoms with Crippen LogP contribution in [0.2, 0.25) is 0 Å². The van der Waals surface area contributed by atoms with Crippen molar-refractivity contribution in [2.45, 2.75) is 51.5 Å². The van der Waals surface area contributed by atoms with Gasteiger partial charge in [0, 0.05) is 6.04 Å². The maximum atomic E-state index is 3.57. The second-order valence-corrected chi connectivity index (χ2v) is 4.81. The molecule has 0 saturated heterocycles. The van der Waals surface area contributed by atoms with Crippen molar-refractivity contribution in [2.75, 3.05) is 6.54 Å². The molecule has 1 aromatic carbocycles. The lowest BCUT2D eigenvalue weighted by molar-refractivity contribution is 0.619. The van der Waals surface area contributed by atoms with Gasteiger partial charge in [-0.3, -0.25) is 0 Å². The molecule has 1 aliphatic carbocycles. The number of benzene rings is 1. The quantitative estimate of drug-likeness (QED) is 0.691. The zero-order valence-corrected chi connectivity index (χ0v) is 10.3. The first kappa shape index (κ1) is 11.7. The summed E-state index contributed by atoms with van der Waals surface area (Å²) in [6.07, 6.45) is 7.84. The summed E-state index contributed by atoms with van der Waals surface area (Å²) in [5.74, 6) is 0. The largest absolute Gasteiger partial charge is 0.314 e. The molecule has 1 aliphatic rings. The molecule has 0 aliphatic heterocycles. The fourth-order valence-electron chi connectivity index (χ4n) is 2.18. The van der Waals surface area contributed by atoms with Crippen molar-refractivity contribution in [3.8, 4) is 0 Å². The van der Waals surface area contributed by atoms with Crippen LogP contribution in [-0.2, 0) is 12.8 Å². The Kier molecular flexibility index (Phi) is 4.41. The fraction of sp³-hybridized carbons (Fsp3) is 0.600. The van der Waals surface area contributed by atoms with Crippen molar-refractivity contribution in [1.29, 1.82) is 0 Å². The standard InChI is InChI=1S/C15H23N/c1-2-13-7-3-4-8-14(13)9-5-6-12-16-15-10-11-15/h3-4,7-8,15-16H,2,5-6,9-12H2,1H3. The molecular formula is C15H23N. The van der Waals surface area contributed by atoms with Crippen LogP contribution in [0.15, 0.2) is 24.3 Å². The van der Waals surface area contributed by atoms with Crippen molar-refractivity contribution in [2.24, 2.45) is 0 Å². The predicted molar refractivity (Wildman–Crippen MR) is 69.8 cm³/mol. The molecular weight excluding hydrogens is 194 g/mol. The van der Waals surface area contributed by atoms with Crippen LogP contribution in [0.5, 0.6) is 0 Å². The minimum absolute atomic E-state index is 0.864. The van der Waals surface area contributed by atoms with Gasteiger partial charge in [-0.15, -0.1) is 0 Å². The van der Waals surface area contributed by atoms with E-state index in [1.807, 2.05) is 0 Å². The molecule has 1 saturated carbocycles. The minimum Gasteiger partial charge on any atom is -0.314 e. The van der Waals surface area contributed by atoms with Crippen LogP contribution in [0.25, 0.3) is 0 Å². The van der Waals surface area contributed by atoms with Gasteiger partial charge in [0.05, 0.1) is 0 Å². The highest BCUT2D eigenvalue weighted by atomic mass is 14.9. The van der Waals surface area contributed by atoms with Gasteiger partial charge in [-0.1, -0.05) is 31.2 Å². The highest BCUT2D eigenvalue weighted by Crippen LogP contribution is 2.18. The number of rotatable bonds is 7. The summed E-state index contributed by atoms with van der Waals surface area (Å²) in [5, 5.41) is 3.57. The topological polar surface area (TPSA) is 12.0 Å². The van der Waals surface area contributed by atoms with Crippen LogP contribution in [0.4, 0.5) is 0 Å². The van der Waals surface area contributed by atoms with Crippen molar-refractivity contribution >= 4 is 0 Å². The molecule has 0 aromatic heterocycles. The van der Waals surface area contributed by atoms with E-state index in [9.17, 15) is 0 Å². The van der Waals surface area contributed by atoms with E-state index in [0.717, 1.165) is 12.5 Å². The maximum absolute atomic E-state index is 3.57. The first-order valence-electron chi connectivity index (χ1n) is 6.70. The van der Waals surface area contributed by atoms with Crippen molar-refractivity contribution in [3.05, 3.63) is 35.4 Å². The second kappa shape index (κ2) is 6.05. The zero-order valence-electron chi connectivity index (χ0n) is 10.3. The predicted octanol–water partition coefficient (Wildman–Crippen LogP) is 3.32. The number of nitrogens with one attached hydrogen (secondary N) is 1. The average molecular weight is 217 g/mol. The third kappa shape index (κ3) is 3.64. The van der Waals surface area contributed by atoms with E-state index in [1.54, 1.807) is 5.56 Å². The van der Waals surface area contributed by atoms with E-state index in [-0.39, 0.29) is 0 Å². The van der Waals surface area contributed by atoms with Crippen molar-refractivity contribution in [3.63, 3.8) is 0 Å². The molecule has 0 radical (unpaired) electrons. The first-order valence-corrected chi connectivity index (χ1v) is 6.70. The van der Waals surface area contributed by atoms with Crippen LogP contribution < -0.4 is 5.32 Å². The molecule has 0 unspecified atom stereocenters. The normalized spacial score (nSPS) is 15.3. The average Bonchev–Trinajstić information content (AvgIpc) is 3.13. The Morgan fingerprint density at radius 1 is 1.12 bits per heavy atom. The molecule has 1 fully saturated rings. The zero-order chi connectivity index (χ0) is 11.2. The monoisotopic (exact) mass is 217 g/mol. The summed E-state index contributed by atoms with van der Waals surface area (Å²) in [4.78, 5) is 0. The van der Waals surface area contributed by atoms with Crippen molar-refractivity contribution in [1.82, 2.24) is 5.32 Å². The van der Waals surface area contributed by atoms with Gasteiger partial charge in [-0.05, 0) is 56.2 Å². The van der Waals surface area contributed by atoms with Crippen LogP contribution >= 0.6 is 0 Å². The van der Waals surface area contributed by atoms with E-state index in [4.69, 9.17) is 0 Å². The van der Waals surface area contributed by atoms with Gasteiger partial charge in [0.1, 0.15) is 0 Å². The van der Waals surface area contributed by atoms with Crippen LogP contribution in [0, 0.1) is 0 Å². The Morgan fingerprint density at radius 3 is 2.56 bits per heavy atom. The molecule has 0 amide bonds. The van der Waals surface area contributed by atoms with E-state index in [2.05, 4.69) is 36.5 Å². The summed E-state index contributed by atoms with van der Waals surface area (Å²) in [5.41, 5.74) is 3.08. The summed E-state index contributed by atoms with van der Waals surface area (Å²) < 4.78 is 0. The molecule has 88 valence electrons. The second-order valence-electron chi connectivity index (χ2n) is 4.81. The Bertz CT molecular complexity index is 315.